The van der Waals surface area contributed by atoms with Gasteiger partial charge in [0, 0.05) is 5.41 Å². The molecule has 3 nitrogen and oxygen atoms in total. The monoisotopic (exact) mass is 402 g/mol. The lowest BCUT2D eigenvalue weighted by Crippen LogP contribution is -2.26. The average Bonchev–Trinajstić information content (AvgIpc) is 2.75. The van der Waals surface area contributed by atoms with Gasteiger partial charge < -0.3 is 9.47 Å². The fourth-order valence-electron chi connectivity index (χ4n) is 3.18. The Bertz CT molecular complexity index is 969. The molecule has 0 aliphatic rings. The van der Waals surface area contributed by atoms with Crippen LogP contribution in [0, 0.1) is 0 Å². The zero-order valence-corrected chi connectivity index (χ0v) is 18.4. The van der Waals surface area contributed by atoms with Gasteiger partial charge in [0.25, 0.3) is 0 Å². The number of esters is 1. The first kappa shape index (κ1) is 21.6. The number of carbonyl (C=O) groups excluding carboxylic acids is 1. The van der Waals surface area contributed by atoms with Gasteiger partial charge in [-0.25, -0.2) is 4.79 Å². The molecule has 0 spiro atoms. The molecule has 0 aliphatic carbocycles. The molecule has 3 heteroatoms. The molecule has 0 radical (unpaired) electrons. The third kappa shape index (κ3) is 5.10. The molecule has 0 heterocycles. The lowest BCUT2D eigenvalue weighted by Gasteiger charge is -2.28. The van der Waals surface area contributed by atoms with Crippen molar-refractivity contribution < 1.29 is 14.3 Å². The van der Waals surface area contributed by atoms with E-state index in [1.54, 1.807) is 12.1 Å². The van der Waals surface area contributed by atoms with Crippen LogP contribution in [0.25, 0.3) is 0 Å². The molecule has 0 aliphatic heterocycles. The Morgan fingerprint density at radius 1 is 0.733 bits per heavy atom. The molecule has 0 fully saturated rings. The smallest absolute Gasteiger partial charge is 0.343 e. The summed E-state index contributed by atoms with van der Waals surface area (Å²) in [5.74, 6) is 1.06. The van der Waals surface area contributed by atoms with Crippen LogP contribution in [0.2, 0.25) is 0 Å². The van der Waals surface area contributed by atoms with Crippen LogP contribution in [0.1, 0.15) is 62.5 Å². The van der Waals surface area contributed by atoms with E-state index in [2.05, 4.69) is 46.8 Å². The maximum absolute atomic E-state index is 12.2. The van der Waals surface area contributed by atoms with E-state index in [4.69, 9.17) is 9.47 Å². The van der Waals surface area contributed by atoms with E-state index in [0.29, 0.717) is 11.3 Å². The first-order chi connectivity index (χ1) is 14.2. The Hall–Kier alpha value is -3.07. The normalized spacial score (nSPS) is 11.8. The summed E-state index contributed by atoms with van der Waals surface area (Å²) >= 11 is 0. The molecular formula is C27H30O3. The second kappa shape index (κ2) is 8.74. The van der Waals surface area contributed by atoms with Crippen molar-refractivity contribution in [3.8, 4) is 11.5 Å². The van der Waals surface area contributed by atoms with Crippen LogP contribution in [0.15, 0.2) is 78.9 Å². The number of carbonyl (C=O) groups is 1. The number of hydrogen-bond acceptors (Lipinski definition) is 3. The topological polar surface area (TPSA) is 35.5 Å². The van der Waals surface area contributed by atoms with Crippen LogP contribution in [0.4, 0.5) is 0 Å². The highest BCUT2D eigenvalue weighted by atomic mass is 16.5. The van der Waals surface area contributed by atoms with Gasteiger partial charge >= 0.3 is 5.97 Å². The van der Waals surface area contributed by atoms with Crippen molar-refractivity contribution in [3.05, 3.63) is 95.6 Å². The predicted octanol–water partition coefficient (Wildman–Crippen LogP) is 6.80. The van der Waals surface area contributed by atoms with Crippen LogP contribution >= 0.6 is 0 Å². The van der Waals surface area contributed by atoms with Crippen molar-refractivity contribution in [1.29, 1.82) is 0 Å². The Labute approximate surface area is 179 Å². The molecule has 3 aromatic carbocycles. The van der Waals surface area contributed by atoms with E-state index in [9.17, 15) is 4.79 Å². The highest BCUT2D eigenvalue weighted by Gasteiger charge is 2.24. The summed E-state index contributed by atoms with van der Waals surface area (Å²) < 4.78 is 11.6. The highest BCUT2D eigenvalue weighted by molar-refractivity contribution is 5.90. The third-order valence-corrected chi connectivity index (χ3v) is 5.62. The van der Waals surface area contributed by atoms with Gasteiger partial charge in [0.1, 0.15) is 17.1 Å². The SMILES string of the molecule is CCC(C)(C)Oc1ccc(C(C)(C)c2ccc(OC(=O)c3ccccc3)cc2)cc1. The number of benzene rings is 3. The third-order valence-electron chi connectivity index (χ3n) is 5.62. The van der Waals surface area contributed by atoms with Gasteiger partial charge in [-0.3, -0.25) is 0 Å². The van der Waals surface area contributed by atoms with Crippen LogP contribution in [0.3, 0.4) is 0 Å². The molecule has 3 aromatic rings. The van der Waals surface area contributed by atoms with E-state index >= 15 is 0 Å². The van der Waals surface area contributed by atoms with Crippen molar-refractivity contribution >= 4 is 5.97 Å². The summed E-state index contributed by atoms with van der Waals surface area (Å²) in [6.45, 7) is 10.7. The lowest BCUT2D eigenvalue weighted by atomic mass is 9.78. The van der Waals surface area contributed by atoms with Crippen molar-refractivity contribution in [3.63, 3.8) is 0 Å². The van der Waals surface area contributed by atoms with Crippen molar-refractivity contribution in [2.75, 3.05) is 0 Å². The molecular weight excluding hydrogens is 372 g/mol. The van der Waals surface area contributed by atoms with E-state index < -0.39 is 0 Å². The predicted molar refractivity (Wildman–Crippen MR) is 121 cm³/mol. The quantitative estimate of drug-likeness (QED) is 0.322. The number of ether oxygens (including phenoxy) is 2. The highest BCUT2D eigenvalue weighted by Crippen LogP contribution is 2.34. The van der Waals surface area contributed by atoms with E-state index in [-0.39, 0.29) is 17.0 Å². The van der Waals surface area contributed by atoms with E-state index in [0.717, 1.165) is 17.7 Å². The molecule has 0 amide bonds. The molecule has 0 saturated carbocycles. The van der Waals surface area contributed by atoms with Gasteiger partial charge in [-0.15, -0.1) is 0 Å². The van der Waals surface area contributed by atoms with Crippen molar-refractivity contribution in [2.24, 2.45) is 0 Å². The first-order valence-corrected chi connectivity index (χ1v) is 10.4. The molecule has 0 bridgehead atoms. The molecule has 0 aromatic heterocycles. The summed E-state index contributed by atoms with van der Waals surface area (Å²) in [6.07, 6.45) is 0.946. The molecule has 0 atom stereocenters. The van der Waals surface area contributed by atoms with Crippen molar-refractivity contribution in [2.45, 2.75) is 52.1 Å². The maximum Gasteiger partial charge on any atom is 0.343 e. The fraction of sp³-hybridized carbons (Fsp3) is 0.296. The molecule has 0 saturated heterocycles. The Balaban J connectivity index is 1.72. The summed E-state index contributed by atoms with van der Waals surface area (Å²) in [5.41, 5.74) is 2.50. The largest absolute Gasteiger partial charge is 0.488 e. The van der Waals surface area contributed by atoms with Gasteiger partial charge in [-0.2, -0.15) is 0 Å². The van der Waals surface area contributed by atoms with Gasteiger partial charge in [-0.1, -0.05) is 63.2 Å². The molecule has 0 unspecified atom stereocenters. The first-order valence-electron chi connectivity index (χ1n) is 10.4. The average molecular weight is 403 g/mol. The minimum atomic E-state index is -0.354. The second-order valence-electron chi connectivity index (χ2n) is 8.64. The molecule has 156 valence electrons. The number of rotatable bonds is 7. The summed E-state index contributed by atoms with van der Waals surface area (Å²) in [4.78, 5) is 12.2. The molecule has 0 N–H and O–H groups in total. The van der Waals surface area contributed by atoms with Gasteiger partial charge in [0.05, 0.1) is 5.56 Å². The van der Waals surface area contributed by atoms with Crippen LogP contribution in [0.5, 0.6) is 11.5 Å². The van der Waals surface area contributed by atoms with Gasteiger partial charge in [0.15, 0.2) is 0 Å². The summed E-state index contributed by atoms with van der Waals surface area (Å²) in [7, 11) is 0. The van der Waals surface area contributed by atoms with Crippen molar-refractivity contribution in [1.82, 2.24) is 0 Å². The van der Waals surface area contributed by atoms with Crippen LogP contribution in [-0.4, -0.2) is 11.6 Å². The summed E-state index contributed by atoms with van der Waals surface area (Å²) in [6, 6.07) is 25.0. The fourth-order valence-corrected chi connectivity index (χ4v) is 3.18. The Kier molecular flexibility index (Phi) is 6.31. The zero-order valence-electron chi connectivity index (χ0n) is 18.4. The Morgan fingerprint density at radius 2 is 1.23 bits per heavy atom. The van der Waals surface area contributed by atoms with E-state index in [1.165, 1.54) is 5.56 Å². The lowest BCUT2D eigenvalue weighted by molar-refractivity contribution is 0.0734. The maximum atomic E-state index is 12.2. The Morgan fingerprint density at radius 3 is 1.73 bits per heavy atom. The minimum absolute atomic E-state index is 0.177. The van der Waals surface area contributed by atoms with Crippen LogP contribution < -0.4 is 9.47 Å². The summed E-state index contributed by atoms with van der Waals surface area (Å²) in [5, 5.41) is 0. The van der Waals surface area contributed by atoms with Gasteiger partial charge in [-0.05, 0) is 67.8 Å². The molecule has 30 heavy (non-hydrogen) atoms. The second-order valence-corrected chi connectivity index (χ2v) is 8.64. The number of hydrogen-bond donors (Lipinski definition) is 0. The minimum Gasteiger partial charge on any atom is -0.488 e. The standard InChI is InChI=1S/C27H30O3/c1-6-26(2,3)30-24-18-14-22(15-19-24)27(4,5)21-12-16-23(17-13-21)29-25(28)20-10-8-7-9-11-20/h7-19H,6H2,1-5H3. The molecule has 3 rings (SSSR count). The van der Waals surface area contributed by atoms with Crippen LogP contribution in [-0.2, 0) is 5.41 Å². The van der Waals surface area contributed by atoms with Gasteiger partial charge in [0.2, 0.25) is 0 Å². The van der Waals surface area contributed by atoms with E-state index in [1.807, 2.05) is 54.6 Å². The zero-order chi connectivity index (χ0) is 21.8.